The van der Waals surface area contributed by atoms with E-state index in [0.717, 1.165) is 23.1 Å². The zero-order chi connectivity index (χ0) is 12.0. The maximum Gasteiger partial charge on any atom is 0.124 e. The molecular weight excluding hydrogens is 210 g/mol. The fourth-order valence-corrected chi connectivity index (χ4v) is 2.36. The molecule has 3 N–H and O–H groups in total. The Morgan fingerprint density at radius 2 is 2.06 bits per heavy atom. The number of nitrogen functional groups attached to an aromatic ring is 1. The van der Waals surface area contributed by atoms with Gasteiger partial charge in [-0.1, -0.05) is 19.1 Å². The van der Waals surface area contributed by atoms with Crippen molar-refractivity contribution in [1.29, 1.82) is 0 Å². The third-order valence-electron chi connectivity index (χ3n) is 3.17. The van der Waals surface area contributed by atoms with Gasteiger partial charge in [0.15, 0.2) is 0 Å². The molecule has 3 nitrogen and oxygen atoms in total. The van der Waals surface area contributed by atoms with E-state index >= 15 is 0 Å². The number of benzene rings is 1. The van der Waals surface area contributed by atoms with E-state index in [1.807, 2.05) is 6.07 Å². The smallest absolute Gasteiger partial charge is 0.124 e. The molecule has 2 heterocycles. The normalized spacial score (nSPS) is 11.4. The Morgan fingerprint density at radius 1 is 1.24 bits per heavy atom. The van der Waals surface area contributed by atoms with Gasteiger partial charge in [-0.2, -0.15) is 0 Å². The van der Waals surface area contributed by atoms with Gasteiger partial charge in [0.2, 0.25) is 0 Å². The second-order valence-corrected chi connectivity index (χ2v) is 4.44. The summed E-state index contributed by atoms with van der Waals surface area (Å²) in [7, 11) is 0. The third-order valence-corrected chi connectivity index (χ3v) is 3.17. The molecule has 86 valence electrons. The lowest BCUT2D eigenvalue weighted by molar-refractivity contribution is 1.06. The van der Waals surface area contributed by atoms with Crippen LogP contribution in [-0.4, -0.2) is 9.97 Å². The van der Waals surface area contributed by atoms with Crippen LogP contribution < -0.4 is 5.73 Å². The Morgan fingerprint density at radius 3 is 2.82 bits per heavy atom. The quantitative estimate of drug-likeness (QED) is 0.668. The minimum absolute atomic E-state index is 0.593. The molecule has 0 spiro atoms. The number of hydrogen-bond acceptors (Lipinski definition) is 2. The van der Waals surface area contributed by atoms with Crippen LogP contribution in [0, 0.1) is 6.92 Å². The molecule has 0 saturated carbocycles. The largest absolute Gasteiger partial charge is 0.384 e. The van der Waals surface area contributed by atoms with Gasteiger partial charge < -0.3 is 10.7 Å². The number of pyridine rings is 1. The lowest BCUT2D eigenvalue weighted by atomic mass is 10.1. The molecular formula is C14H15N3. The van der Waals surface area contributed by atoms with Crippen LogP contribution >= 0.6 is 0 Å². The highest BCUT2D eigenvalue weighted by molar-refractivity contribution is 6.08. The maximum absolute atomic E-state index is 5.86. The van der Waals surface area contributed by atoms with Crippen LogP contribution in [0.3, 0.4) is 0 Å². The number of H-pyrrole nitrogens is 1. The van der Waals surface area contributed by atoms with Crippen LogP contribution in [0.2, 0.25) is 0 Å². The van der Waals surface area contributed by atoms with Gasteiger partial charge in [-0.15, -0.1) is 0 Å². The second-order valence-electron chi connectivity index (χ2n) is 4.44. The molecule has 0 saturated heterocycles. The fourth-order valence-electron chi connectivity index (χ4n) is 2.36. The molecule has 0 amide bonds. The summed E-state index contributed by atoms with van der Waals surface area (Å²) in [5, 5.41) is 2.39. The van der Waals surface area contributed by atoms with Crippen LogP contribution in [0.15, 0.2) is 24.3 Å². The molecule has 0 fully saturated rings. The van der Waals surface area contributed by atoms with Crippen molar-refractivity contribution in [1.82, 2.24) is 9.97 Å². The molecule has 1 aromatic carbocycles. The van der Waals surface area contributed by atoms with E-state index in [1.165, 1.54) is 16.3 Å². The minimum Gasteiger partial charge on any atom is -0.384 e. The first-order valence-electron chi connectivity index (χ1n) is 5.86. The van der Waals surface area contributed by atoms with Crippen molar-refractivity contribution in [2.45, 2.75) is 20.3 Å². The third kappa shape index (κ3) is 1.46. The van der Waals surface area contributed by atoms with Crippen LogP contribution in [0.25, 0.3) is 21.8 Å². The van der Waals surface area contributed by atoms with Crippen molar-refractivity contribution in [2.75, 3.05) is 5.73 Å². The average molecular weight is 225 g/mol. The molecule has 0 atom stereocenters. The van der Waals surface area contributed by atoms with Crippen LogP contribution in [-0.2, 0) is 6.42 Å². The number of hydrogen-bond donors (Lipinski definition) is 2. The number of anilines is 1. The maximum atomic E-state index is 5.86. The minimum atomic E-state index is 0.593. The molecule has 3 rings (SSSR count). The molecule has 0 unspecified atom stereocenters. The monoisotopic (exact) mass is 225 g/mol. The lowest BCUT2D eigenvalue weighted by Crippen LogP contribution is -1.95. The lowest BCUT2D eigenvalue weighted by Gasteiger charge is -2.00. The zero-order valence-corrected chi connectivity index (χ0v) is 10.0. The van der Waals surface area contributed by atoms with E-state index in [4.69, 9.17) is 5.73 Å². The topological polar surface area (TPSA) is 54.7 Å². The molecule has 0 radical (unpaired) electrons. The second kappa shape index (κ2) is 3.48. The van der Waals surface area contributed by atoms with Crippen molar-refractivity contribution < 1.29 is 0 Å². The summed E-state index contributed by atoms with van der Waals surface area (Å²) in [6, 6.07) is 8.37. The van der Waals surface area contributed by atoms with Crippen molar-refractivity contribution in [3.8, 4) is 0 Å². The SMILES string of the molecule is CCc1nc(N)cc2c1[nH]c1cc(C)ccc12. The summed E-state index contributed by atoms with van der Waals surface area (Å²) in [6.07, 6.45) is 0.882. The summed E-state index contributed by atoms with van der Waals surface area (Å²) in [5.41, 5.74) is 10.4. The van der Waals surface area contributed by atoms with Crippen LogP contribution in [0.5, 0.6) is 0 Å². The van der Waals surface area contributed by atoms with Gasteiger partial charge in [-0.25, -0.2) is 4.98 Å². The first-order chi connectivity index (χ1) is 8.19. The van der Waals surface area contributed by atoms with Gasteiger partial charge in [0.1, 0.15) is 5.82 Å². The Balaban J connectivity index is 2.50. The van der Waals surface area contributed by atoms with Gasteiger partial charge in [0, 0.05) is 16.3 Å². The number of nitrogens with zero attached hydrogens (tertiary/aromatic N) is 1. The molecule has 2 aromatic heterocycles. The molecule has 3 aromatic rings. The van der Waals surface area contributed by atoms with Gasteiger partial charge in [-0.3, -0.25) is 0 Å². The summed E-state index contributed by atoms with van der Waals surface area (Å²) in [4.78, 5) is 7.83. The van der Waals surface area contributed by atoms with E-state index in [0.29, 0.717) is 5.82 Å². The standard InChI is InChI=1S/C14H15N3/c1-3-11-14-10(7-13(15)16-11)9-5-4-8(2)6-12(9)17-14/h4-7,17H,3H2,1-2H3,(H2,15,16). The predicted octanol–water partition coefficient (Wildman–Crippen LogP) is 3.17. The van der Waals surface area contributed by atoms with Gasteiger partial charge in [0.25, 0.3) is 0 Å². The molecule has 0 aliphatic carbocycles. The summed E-state index contributed by atoms with van der Waals surface area (Å²) in [5.74, 6) is 0.593. The average Bonchev–Trinajstić information content (AvgIpc) is 2.65. The highest BCUT2D eigenvalue weighted by Gasteiger charge is 2.09. The number of aryl methyl sites for hydroxylation is 2. The van der Waals surface area contributed by atoms with Crippen molar-refractivity contribution in [2.24, 2.45) is 0 Å². The Bertz CT molecular complexity index is 710. The number of fused-ring (bicyclic) bond motifs is 3. The summed E-state index contributed by atoms with van der Waals surface area (Å²) in [6.45, 7) is 4.19. The Kier molecular flexibility index (Phi) is 2.08. The van der Waals surface area contributed by atoms with Crippen LogP contribution in [0.4, 0.5) is 5.82 Å². The van der Waals surface area contributed by atoms with Crippen molar-refractivity contribution in [3.05, 3.63) is 35.5 Å². The van der Waals surface area contributed by atoms with Gasteiger partial charge in [-0.05, 0) is 31.0 Å². The summed E-state index contributed by atoms with van der Waals surface area (Å²) >= 11 is 0. The molecule has 17 heavy (non-hydrogen) atoms. The first kappa shape index (κ1) is 10.1. The Labute approximate surface area is 99.7 Å². The highest BCUT2D eigenvalue weighted by Crippen LogP contribution is 2.29. The van der Waals surface area contributed by atoms with Crippen LogP contribution in [0.1, 0.15) is 18.2 Å². The number of aromatic amines is 1. The van der Waals surface area contributed by atoms with E-state index in [-0.39, 0.29) is 0 Å². The Hall–Kier alpha value is -2.03. The van der Waals surface area contributed by atoms with Crippen molar-refractivity contribution in [3.63, 3.8) is 0 Å². The molecule has 0 aliphatic heterocycles. The number of nitrogens with one attached hydrogen (secondary N) is 1. The van der Waals surface area contributed by atoms with E-state index in [9.17, 15) is 0 Å². The molecule has 3 heteroatoms. The fraction of sp³-hybridized carbons (Fsp3) is 0.214. The number of rotatable bonds is 1. The number of nitrogens with two attached hydrogens (primary N) is 1. The van der Waals surface area contributed by atoms with Crippen molar-refractivity contribution >= 4 is 27.6 Å². The molecule has 0 bridgehead atoms. The zero-order valence-electron chi connectivity index (χ0n) is 10.0. The highest BCUT2D eigenvalue weighted by atomic mass is 14.9. The number of aromatic nitrogens is 2. The van der Waals surface area contributed by atoms with Gasteiger partial charge in [0.05, 0.1) is 11.2 Å². The van der Waals surface area contributed by atoms with E-state index in [1.54, 1.807) is 0 Å². The van der Waals surface area contributed by atoms with Gasteiger partial charge >= 0.3 is 0 Å². The molecule has 0 aliphatic rings. The first-order valence-corrected chi connectivity index (χ1v) is 5.86. The predicted molar refractivity (Wildman–Crippen MR) is 72.1 cm³/mol. The van der Waals surface area contributed by atoms with E-state index in [2.05, 4.69) is 42.0 Å². The summed E-state index contributed by atoms with van der Waals surface area (Å²) < 4.78 is 0. The van der Waals surface area contributed by atoms with E-state index < -0.39 is 0 Å².